The lowest BCUT2D eigenvalue weighted by atomic mass is 9.93. The number of ether oxygens (including phenoxy) is 2. The van der Waals surface area contributed by atoms with Crippen LogP contribution in [0.5, 0.6) is 5.75 Å². The summed E-state index contributed by atoms with van der Waals surface area (Å²) in [6.07, 6.45) is 6.09. The minimum Gasteiger partial charge on any atom is -0.487 e. The molecule has 0 amide bonds. The highest BCUT2D eigenvalue weighted by atomic mass is 32.2. The van der Waals surface area contributed by atoms with Gasteiger partial charge in [0, 0.05) is 30.5 Å². The number of hydrogen-bond donors (Lipinski definition) is 1. The van der Waals surface area contributed by atoms with Gasteiger partial charge in [-0.15, -0.1) is 0 Å². The number of amidine groups is 1. The van der Waals surface area contributed by atoms with Gasteiger partial charge in [0.25, 0.3) is 0 Å². The van der Waals surface area contributed by atoms with Crippen molar-refractivity contribution in [2.24, 2.45) is 16.3 Å². The maximum atomic E-state index is 14.3. The molecule has 0 radical (unpaired) electrons. The Morgan fingerprint density at radius 3 is 2.17 bits per heavy atom. The van der Waals surface area contributed by atoms with Crippen LogP contribution < -0.4 is 10.6 Å². The van der Waals surface area contributed by atoms with Crippen LogP contribution in [0.2, 0.25) is 0 Å². The van der Waals surface area contributed by atoms with E-state index in [0.29, 0.717) is 11.7 Å². The number of nitrogens with two attached hydrogens (primary N) is 1. The van der Waals surface area contributed by atoms with Crippen molar-refractivity contribution in [3.8, 4) is 5.75 Å². The summed E-state index contributed by atoms with van der Waals surface area (Å²) in [6.45, 7) is 11.6. The van der Waals surface area contributed by atoms with Crippen LogP contribution in [0.4, 0.5) is 4.39 Å². The van der Waals surface area contributed by atoms with E-state index in [-0.39, 0.29) is 34.4 Å². The standard InChI is InChI=1S/C25H38FN3O5S/c1-17(25(2,3)4)28-24(34-27)29-14-12-20(13-15-29)32-18-6-8-19(9-7-18)33-23-11-10-21(16-22(23)26)35(5,30)31/h10-11,16,18-20H,1,6-9,12-15,27H2,2-5H3. The molecule has 3 rings (SSSR count). The normalized spacial score (nSPS) is 22.7. The summed E-state index contributed by atoms with van der Waals surface area (Å²) in [6, 6.07) is 4.16. The number of nitrogens with zero attached hydrogens (tertiary/aromatic N) is 2. The van der Waals surface area contributed by atoms with Crippen molar-refractivity contribution >= 4 is 15.9 Å². The zero-order valence-corrected chi connectivity index (χ0v) is 21.9. The topological polar surface area (TPSA) is 103 Å². The lowest BCUT2D eigenvalue weighted by Crippen LogP contribution is -2.44. The van der Waals surface area contributed by atoms with Crippen molar-refractivity contribution in [3.63, 3.8) is 0 Å². The molecule has 196 valence electrons. The van der Waals surface area contributed by atoms with Crippen LogP contribution in [0, 0.1) is 11.2 Å². The van der Waals surface area contributed by atoms with Crippen LogP contribution in [0.3, 0.4) is 0 Å². The molecule has 0 atom stereocenters. The molecular formula is C25H38FN3O5S. The minimum absolute atomic E-state index is 0.0546. The second kappa shape index (κ2) is 11.3. The number of piperidine rings is 1. The molecule has 1 aromatic carbocycles. The number of rotatable bonds is 6. The average molecular weight is 512 g/mol. The Morgan fingerprint density at radius 2 is 1.66 bits per heavy atom. The van der Waals surface area contributed by atoms with E-state index >= 15 is 0 Å². The number of sulfone groups is 1. The van der Waals surface area contributed by atoms with Gasteiger partial charge >= 0.3 is 6.02 Å². The van der Waals surface area contributed by atoms with E-state index in [1.165, 1.54) is 12.1 Å². The number of hydrogen-bond acceptors (Lipinski definition) is 7. The van der Waals surface area contributed by atoms with Gasteiger partial charge in [0.05, 0.1) is 23.2 Å². The molecule has 1 saturated heterocycles. The fourth-order valence-electron chi connectivity index (χ4n) is 4.18. The molecule has 0 unspecified atom stereocenters. The first-order valence-corrected chi connectivity index (χ1v) is 14.0. The third kappa shape index (κ3) is 7.65. The van der Waals surface area contributed by atoms with E-state index in [1.54, 1.807) is 0 Å². The third-order valence-electron chi connectivity index (χ3n) is 6.55. The minimum atomic E-state index is -3.46. The summed E-state index contributed by atoms with van der Waals surface area (Å²) < 4.78 is 49.7. The largest absolute Gasteiger partial charge is 0.487 e. The van der Waals surface area contributed by atoms with Crippen LogP contribution in [-0.2, 0) is 19.4 Å². The van der Waals surface area contributed by atoms with Gasteiger partial charge in [0.15, 0.2) is 21.4 Å². The molecule has 1 aliphatic heterocycles. The van der Waals surface area contributed by atoms with E-state index in [1.807, 2.05) is 25.7 Å². The van der Waals surface area contributed by atoms with Gasteiger partial charge in [0.1, 0.15) is 0 Å². The highest BCUT2D eigenvalue weighted by molar-refractivity contribution is 7.90. The number of halogens is 1. The van der Waals surface area contributed by atoms with Gasteiger partial charge in [-0.05, 0) is 56.7 Å². The molecule has 0 aromatic heterocycles. The molecule has 2 fully saturated rings. The molecule has 35 heavy (non-hydrogen) atoms. The number of aliphatic imine (C=N–C) groups is 1. The Hall–Kier alpha value is -2.17. The fourth-order valence-corrected chi connectivity index (χ4v) is 4.82. The molecule has 2 aliphatic rings. The predicted octanol–water partition coefficient (Wildman–Crippen LogP) is 4.21. The third-order valence-corrected chi connectivity index (χ3v) is 7.66. The Bertz CT molecular complexity index is 1020. The van der Waals surface area contributed by atoms with E-state index in [2.05, 4.69) is 11.6 Å². The van der Waals surface area contributed by atoms with Gasteiger partial charge in [-0.1, -0.05) is 27.4 Å². The molecular weight excluding hydrogens is 473 g/mol. The van der Waals surface area contributed by atoms with Crippen LogP contribution >= 0.6 is 0 Å². The first-order valence-electron chi connectivity index (χ1n) is 12.1. The Kier molecular flexibility index (Phi) is 8.82. The molecule has 1 saturated carbocycles. The van der Waals surface area contributed by atoms with E-state index in [9.17, 15) is 12.8 Å². The quantitative estimate of drug-likeness (QED) is 0.347. The van der Waals surface area contributed by atoms with Gasteiger partial charge in [-0.3, -0.25) is 0 Å². The van der Waals surface area contributed by atoms with Crippen LogP contribution in [0.25, 0.3) is 0 Å². The van der Waals surface area contributed by atoms with E-state index in [4.69, 9.17) is 20.2 Å². The summed E-state index contributed by atoms with van der Waals surface area (Å²) in [4.78, 5) is 11.5. The first kappa shape index (κ1) is 27.4. The van der Waals surface area contributed by atoms with Crippen molar-refractivity contribution in [2.45, 2.75) is 82.5 Å². The molecule has 1 heterocycles. The van der Waals surface area contributed by atoms with Crippen LogP contribution in [0.15, 0.2) is 40.4 Å². The lowest BCUT2D eigenvalue weighted by Gasteiger charge is -2.36. The average Bonchev–Trinajstić information content (AvgIpc) is 2.79. The smallest absolute Gasteiger partial charge is 0.311 e. The number of benzene rings is 1. The highest BCUT2D eigenvalue weighted by Gasteiger charge is 2.29. The summed E-state index contributed by atoms with van der Waals surface area (Å²) in [5.74, 6) is 4.90. The molecule has 2 N–H and O–H groups in total. The number of likely N-dealkylation sites (tertiary alicyclic amines) is 1. The maximum Gasteiger partial charge on any atom is 0.311 e. The zero-order chi connectivity index (χ0) is 25.8. The molecule has 10 heteroatoms. The van der Waals surface area contributed by atoms with Crippen molar-refractivity contribution in [1.82, 2.24) is 4.90 Å². The summed E-state index contributed by atoms with van der Waals surface area (Å²) >= 11 is 0. The molecule has 1 aliphatic carbocycles. The van der Waals surface area contributed by atoms with Gasteiger partial charge in [-0.25, -0.2) is 17.8 Å². The van der Waals surface area contributed by atoms with Crippen molar-refractivity contribution in [1.29, 1.82) is 0 Å². The highest BCUT2D eigenvalue weighted by Crippen LogP contribution is 2.30. The Balaban J connectivity index is 1.44. The van der Waals surface area contributed by atoms with Crippen molar-refractivity contribution in [2.75, 3.05) is 19.3 Å². The molecule has 1 aromatic rings. The Morgan fingerprint density at radius 1 is 1.09 bits per heavy atom. The van der Waals surface area contributed by atoms with Crippen molar-refractivity contribution < 1.29 is 27.1 Å². The molecule has 0 spiro atoms. The maximum absolute atomic E-state index is 14.3. The second-order valence-corrected chi connectivity index (χ2v) is 12.4. The fraction of sp³-hybridized carbons (Fsp3) is 0.640. The summed E-state index contributed by atoms with van der Waals surface area (Å²) in [5.41, 5.74) is 0.542. The SMILES string of the molecule is C=C(N=C(ON)N1CCC(OC2CCC(Oc3ccc(S(C)(=O)=O)cc3F)CC2)CC1)C(C)(C)C. The van der Waals surface area contributed by atoms with E-state index in [0.717, 1.165) is 63.9 Å². The summed E-state index contributed by atoms with van der Waals surface area (Å²) in [5, 5.41) is 0. The predicted molar refractivity (Wildman–Crippen MR) is 133 cm³/mol. The molecule has 8 nitrogen and oxygen atoms in total. The lowest BCUT2D eigenvalue weighted by molar-refractivity contribution is -0.0629. The number of allylic oxidation sites excluding steroid dienone is 1. The molecule has 0 bridgehead atoms. The van der Waals surface area contributed by atoms with Crippen LogP contribution in [0.1, 0.15) is 59.3 Å². The first-order chi connectivity index (χ1) is 16.4. The van der Waals surface area contributed by atoms with Gasteiger partial charge in [-0.2, -0.15) is 5.90 Å². The van der Waals surface area contributed by atoms with Gasteiger partial charge in [0.2, 0.25) is 0 Å². The van der Waals surface area contributed by atoms with Crippen molar-refractivity contribution in [3.05, 3.63) is 36.3 Å². The monoisotopic (exact) mass is 511 g/mol. The summed E-state index contributed by atoms with van der Waals surface area (Å²) in [7, 11) is -3.46. The zero-order valence-electron chi connectivity index (χ0n) is 21.1. The second-order valence-electron chi connectivity index (χ2n) is 10.4. The van der Waals surface area contributed by atoms with E-state index < -0.39 is 15.7 Å². The van der Waals surface area contributed by atoms with Crippen LogP contribution in [-0.4, -0.2) is 57.0 Å². The van der Waals surface area contributed by atoms with Gasteiger partial charge < -0.3 is 19.2 Å². The Labute approximate surface area is 208 Å².